The van der Waals surface area contributed by atoms with E-state index >= 15 is 0 Å². The lowest BCUT2D eigenvalue weighted by Crippen LogP contribution is -2.30. The highest BCUT2D eigenvalue weighted by Gasteiger charge is 2.17. The van der Waals surface area contributed by atoms with E-state index in [1.807, 2.05) is 29.8 Å². The highest BCUT2D eigenvalue weighted by atomic mass is 79.9. The Labute approximate surface area is 146 Å². The van der Waals surface area contributed by atoms with Crippen molar-refractivity contribution in [2.24, 2.45) is 5.41 Å². The van der Waals surface area contributed by atoms with Crippen LogP contribution in [-0.4, -0.2) is 23.1 Å². The fourth-order valence-corrected chi connectivity index (χ4v) is 3.01. The summed E-state index contributed by atoms with van der Waals surface area (Å²) >= 11 is 3.45. The first-order chi connectivity index (χ1) is 10.8. The maximum Gasteiger partial charge on any atom is 0.261 e. The van der Waals surface area contributed by atoms with Crippen LogP contribution >= 0.6 is 15.9 Å². The molecule has 126 valence electrons. The van der Waals surface area contributed by atoms with Crippen molar-refractivity contribution in [3.63, 3.8) is 0 Å². The summed E-state index contributed by atoms with van der Waals surface area (Å²) < 4.78 is 2.78. The topological polar surface area (TPSA) is 46.9 Å². The number of aryl methyl sites for hydroxylation is 1. The lowest BCUT2D eigenvalue weighted by molar-refractivity contribution is 0.330. The molecule has 0 atom stereocenters. The van der Waals surface area contributed by atoms with Crippen molar-refractivity contribution in [3.8, 4) is 0 Å². The number of hydrogen-bond acceptors (Lipinski definition) is 3. The van der Waals surface area contributed by atoms with Crippen molar-refractivity contribution < 1.29 is 0 Å². The number of hydrogen-bond donors (Lipinski definition) is 1. The minimum absolute atomic E-state index is 0.0327. The molecule has 2 rings (SSSR count). The van der Waals surface area contributed by atoms with Crippen LogP contribution in [0, 0.1) is 5.41 Å². The van der Waals surface area contributed by atoms with Crippen LogP contribution in [0.25, 0.3) is 10.9 Å². The number of nitrogens with one attached hydrogen (secondary N) is 1. The average molecular weight is 380 g/mol. The monoisotopic (exact) mass is 379 g/mol. The second-order valence-corrected chi connectivity index (χ2v) is 8.12. The molecule has 1 aromatic carbocycles. The first-order valence-corrected chi connectivity index (χ1v) is 8.95. The van der Waals surface area contributed by atoms with Gasteiger partial charge < -0.3 is 5.32 Å². The molecule has 0 bridgehead atoms. The molecule has 1 heterocycles. The molecule has 0 saturated carbocycles. The lowest BCUT2D eigenvalue weighted by atomic mass is 9.96. The molecule has 23 heavy (non-hydrogen) atoms. The van der Waals surface area contributed by atoms with Crippen LogP contribution in [0.1, 0.15) is 39.4 Å². The van der Waals surface area contributed by atoms with Gasteiger partial charge in [0.1, 0.15) is 5.82 Å². The summed E-state index contributed by atoms with van der Waals surface area (Å²) in [5, 5.41) is 3.84. The first kappa shape index (κ1) is 18.1. The Balaban J connectivity index is 2.47. The molecule has 2 aromatic rings. The Bertz CT molecular complexity index is 731. The van der Waals surface area contributed by atoms with Gasteiger partial charge in [-0.2, -0.15) is 0 Å². The summed E-state index contributed by atoms with van der Waals surface area (Å²) in [4.78, 5) is 17.7. The highest BCUT2D eigenvalue weighted by molar-refractivity contribution is 9.10. The van der Waals surface area contributed by atoms with Gasteiger partial charge in [-0.3, -0.25) is 9.36 Å². The average Bonchev–Trinajstić information content (AvgIpc) is 2.47. The van der Waals surface area contributed by atoms with Gasteiger partial charge in [0.25, 0.3) is 5.56 Å². The van der Waals surface area contributed by atoms with Crippen molar-refractivity contribution >= 4 is 26.8 Å². The Morgan fingerprint density at radius 3 is 2.65 bits per heavy atom. The summed E-state index contributed by atoms with van der Waals surface area (Å²) in [7, 11) is 1.96. The van der Waals surface area contributed by atoms with E-state index in [2.05, 4.69) is 42.0 Å². The van der Waals surface area contributed by atoms with Gasteiger partial charge in [0.2, 0.25) is 0 Å². The largest absolute Gasteiger partial charge is 0.320 e. The SMILES string of the molecule is CNCCCCc1nc2ccc(Br)cc2c(=O)n1CC(C)(C)C. The molecule has 0 amide bonds. The van der Waals surface area contributed by atoms with E-state index in [0.717, 1.165) is 41.6 Å². The van der Waals surface area contributed by atoms with E-state index in [1.165, 1.54) is 0 Å². The van der Waals surface area contributed by atoms with Gasteiger partial charge in [-0.15, -0.1) is 0 Å². The zero-order valence-corrected chi connectivity index (χ0v) is 16.0. The van der Waals surface area contributed by atoms with Crippen LogP contribution in [0.4, 0.5) is 0 Å². The fraction of sp³-hybridized carbons (Fsp3) is 0.556. The van der Waals surface area contributed by atoms with Gasteiger partial charge in [-0.25, -0.2) is 4.98 Å². The molecule has 0 saturated heterocycles. The van der Waals surface area contributed by atoms with Gasteiger partial charge >= 0.3 is 0 Å². The number of aromatic nitrogens is 2. The van der Waals surface area contributed by atoms with Gasteiger partial charge in [0.15, 0.2) is 0 Å². The zero-order valence-electron chi connectivity index (χ0n) is 14.4. The third-order valence-electron chi connectivity index (χ3n) is 3.70. The van der Waals surface area contributed by atoms with Gasteiger partial charge in [0, 0.05) is 17.4 Å². The van der Waals surface area contributed by atoms with Crippen LogP contribution in [0.3, 0.4) is 0 Å². The molecule has 0 aliphatic rings. The summed E-state index contributed by atoms with van der Waals surface area (Å²) in [6.07, 6.45) is 2.94. The number of halogens is 1. The maximum absolute atomic E-state index is 13.0. The van der Waals surface area contributed by atoms with Crippen molar-refractivity contribution in [1.29, 1.82) is 0 Å². The molecule has 0 radical (unpaired) electrons. The lowest BCUT2D eigenvalue weighted by Gasteiger charge is -2.22. The Morgan fingerprint density at radius 2 is 2.00 bits per heavy atom. The van der Waals surface area contributed by atoms with Crippen molar-refractivity contribution in [3.05, 3.63) is 38.9 Å². The van der Waals surface area contributed by atoms with Crippen LogP contribution in [0.2, 0.25) is 0 Å². The van der Waals surface area contributed by atoms with Crippen LogP contribution < -0.4 is 10.9 Å². The minimum atomic E-state index is 0.0327. The smallest absolute Gasteiger partial charge is 0.261 e. The van der Waals surface area contributed by atoms with E-state index in [-0.39, 0.29) is 11.0 Å². The predicted molar refractivity (Wildman–Crippen MR) is 100 cm³/mol. The molecule has 0 aliphatic carbocycles. The molecule has 1 aromatic heterocycles. The molecule has 0 fully saturated rings. The van der Waals surface area contributed by atoms with Crippen LogP contribution in [0.5, 0.6) is 0 Å². The van der Waals surface area contributed by atoms with Crippen molar-refractivity contribution in [2.75, 3.05) is 13.6 Å². The molecular formula is C18H26BrN3O. The van der Waals surface area contributed by atoms with Crippen molar-refractivity contribution in [2.45, 2.75) is 46.6 Å². The number of unbranched alkanes of at least 4 members (excludes halogenated alkanes) is 1. The second-order valence-electron chi connectivity index (χ2n) is 7.20. The highest BCUT2D eigenvalue weighted by Crippen LogP contribution is 2.20. The summed E-state index contributed by atoms with van der Waals surface area (Å²) in [6.45, 7) is 8.12. The second kappa shape index (κ2) is 7.58. The zero-order chi connectivity index (χ0) is 17.0. The van der Waals surface area contributed by atoms with E-state index in [0.29, 0.717) is 11.9 Å². The first-order valence-electron chi connectivity index (χ1n) is 8.15. The van der Waals surface area contributed by atoms with Crippen LogP contribution in [-0.2, 0) is 13.0 Å². The van der Waals surface area contributed by atoms with E-state index < -0.39 is 0 Å². The van der Waals surface area contributed by atoms with Gasteiger partial charge in [0.05, 0.1) is 10.9 Å². The normalized spacial score (nSPS) is 12.0. The molecule has 0 spiro atoms. The Hall–Kier alpha value is -1.20. The number of nitrogens with zero attached hydrogens (tertiary/aromatic N) is 2. The molecule has 4 nitrogen and oxygen atoms in total. The van der Waals surface area contributed by atoms with E-state index in [9.17, 15) is 4.79 Å². The summed E-state index contributed by atoms with van der Waals surface area (Å²) in [5.41, 5.74) is 0.882. The fourth-order valence-electron chi connectivity index (χ4n) is 2.65. The van der Waals surface area contributed by atoms with E-state index in [1.54, 1.807) is 0 Å². The Kier molecular flexibility index (Phi) is 5.98. The van der Waals surface area contributed by atoms with Gasteiger partial charge in [-0.1, -0.05) is 36.7 Å². The summed E-state index contributed by atoms with van der Waals surface area (Å²) in [6, 6.07) is 5.72. The number of benzene rings is 1. The van der Waals surface area contributed by atoms with Crippen molar-refractivity contribution in [1.82, 2.24) is 14.9 Å². The number of fused-ring (bicyclic) bond motifs is 1. The molecular weight excluding hydrogens is 354 g/mol. The third kappa shape index (κ3) is 4.88. The quantitative estimate of drug-likeness (QED) is 0.777. The minimum Gasteiger partial charge on any atom is -0.320 e. The maximum atomic E-state index is 13.0. The molecule has 0 unspecified atom stereocenters. The standard InChI is InChI=1S/C18H26BrN3O/c1-18(2,3)12-22-16(7-5-6-10-20-4)21-15-9-8-13(19)11-14(15)17(22)23/h8-9,11,20H,5-7,10,12H2,1-4H3. The Morgan fingerprint density at radius 1 is 1.26 bits per heavy atom. The third-order valence-corrected chi connectivity index (χ3v) is 4.20. The molecule has 5 heteroatoms. The van der Waals surface area contributed by atoms with Gasteiger partial charge in [-0.05, 0) is 50.0 Å². The summed E-state index contributed by atoms with van der Waals surface area (Å²) in [5.74, 6) is 0.899. The van der Waals surface area contributed by atoms with Crippen LogP contribution in [0.15, 0.2) is 27.5 Å². The predicted octanol–water partition coefficient (Wildman–Crippen LogP) is 3.75. The van der Waals surface area contributed by atoms with E-state index in [4.69, 9.17) is 4.98 Å². The molecule has 0 aliphatic heterocycles. The number of rotatable bonds is 6. The molecule has 1 N–H and O–H groups in total.